The van der Waals surface area contributed by atoms with E-state index in [1.165, 1.54) is 28.5 Å². The minimum absolute atomic E-state index is 0.0448. The van der Waals surface area contributed by atoms with Gasteiger partial charge in [-0.1, -0.05) is 55.4 Å². The predicted octanol–water partition coefficient (Wildman–Crippen LogP) is 4.06. The lowest BCUT2D eigenvalue weighted by molar-refractivity contribution is 0.103. The highest BCUT2D eigenvalue weighted by molar-refractivity contribution is 5.81. The lowest BCUT2D eigenvalue weighted by Crippen LogP contribution is -2.42. The summed E-state index contributed by atoms with van der Waals surface area (Å²) < 4.78 is 0. The molecule has 0 aromatic heterocycles. The number of oxime groups is 1. The van der Waals surface area contributed by atoms with Crippen LogP contribution in [0.4, 0.5) is 0 Å². The second-order valence-electron chi connectivity index (χ2n) is 6.58. The molecule has 2 aromatic rings. The fourth-order valence-corrected chi connectivity index (χ4v) is 5.19. The van der Waals surface area contributed by atoms with Crippen LogP contribution in [0.5, 0.6) is 0 Å². The molecule has 0 saturated heterocycles. The van der Waals surface area contributed by atoms with Gasteiger partial charge < -0.3 is 5.21 Å². The third-order valence-corrected chi connectivity index (χ3v) is 6.13. The molecule has 3 nitrogen and oxygen atoms in total. The molecule has 118 valence electrons. The number of benzene rings is 2. The van der Waals surface area contributed by atoms with Crippen LogP contribution in [0.15, 0.2) is 47.6 Å². The molecular weight excluding hydrogens is 284 g/mol. The average molecular weight is 306 g/mol. The number of rotatable bonds is 3. The molecule has 0 spiro atoms. The van der Waals surface area contributed by atoms with Crippen molar-refractivity contribution in [2.45, 2.75) is 37.8 Å². The van der Waals surface area contributed by atoms with Gasteiger partial charge in [0.15, 0.2) is 0 Å². The Balaban J connectivity index is 2.10. The van der Waals surface area contributed by atoms with E-state index in [9.17, 15) is 0 Å². The summed E-state index contributed by atoms with van der Waals surface area (Å²) in [7, 11) is 2.26. The zero-order chi connectivity index (χ0) is 16.2. The van der Waals surface area contributed by atoms with Crippen LogP contribution in [0, 0.1) is 0 Å². The van der Waals surface area contributed by atoms with Gasteiger partial charge in [-0.25, -0.2) is 0 Å². The van der Waals surface area contributed by atoms with Crippen LogP contribution in [0.25, 0.3) is 0 Å². The van der Waals surface area contributed by atoms with E-state index in [-0.39, 0.29) is 11.1 Å². The molecule has 3 heteroatoms. The normalized spacial score (nSPS) is 28.3. The first-order valence-electron chi connectivity index (χ1n) is 8.33. The molecule has 2 aromatic carbocycles. The zero-order valence-electron chi connectivity index (χ0n) is 13.9. The fraction of sp³-hybridized carbons (Fsp3) is 0.350. The van der Waals surface area contributed by atoms with E-state index in [2.05, 4.69) is 73.4 Å². The van der Waals surface area contributed by atoms with Crippen LogP contribution in [-0.2, 0) is 11.1 Å². The Bertz CT molecular complexity index is 813. The largest absolute Gasteiger partial charge is 0.411 e. The van der Waals surface area contributed by atoms with Gasteiger partial charge in [0, 0.05) is 0 Å². The van der Waals surface area contributed by atoms with Crippen LogP contribution in [0.3, 0.4) is 0 Å². The summed E-state index contributed by atoms with van der Waals surface area (Å²) in [4.78, 5) is 2.56. The van der Waals surface area contributed by atoms with Crippen LogP contribution < -0.4 is 0 Å². The first-order chi connectivity index (χ1) is 11.2. The Morgan fingerprint density at radius 1 is 0.957 bits per heavy atom. The second kappa shape index (κ2) is 4.68. The van der Waals surface area contributed by atoms with Gasteiger partial charge in [-0.2, -0.15) is 0 Å². The summed E-state index contributed by atoms with van der Waals surface area (Å²) in [5, 5.41) is 12.1. The van der Waals surface area contributed by atoms with Crippen molar-refractivity contribution in [3.8, 4) is 0 Å². The second-order valence-corrected chi connectivity index (χ2v) is 6.58. The zero-order valence-corrected chi connectivity index (χ0v) is 13.9. The van der Waals surface area contributed by atoms with E-state index in [4.69, 9.17) is 5.21 Å². The summed E-state index contributed by atoms with van der Waals surface area (Å²) >= 11 is 0. The van der Waals surface area contributed by atoms with Crippen LogP contribution in [-0.4, -0.2) is 23.4 Å². The van der Waals surface area contributed by atoms with Gasteiger partial charge in [0.2, 0.25) is 0 Å². The number of hydrogen-bond donors (Lipinski definition) is 1. The minimum atomic E-state index is -0.0821. The highest BCUT2D eigenvalue weighted by atomic mass is 16.4. The maximum absolute atomic E-state index is 8.89. The Hall–Kier alpha value is -2.13. The van der Waals surface area contributed by atoms with Gasteiger partial charge in [-0.3, -0.25) is 4.90 Å². The number of nitrogens with zero attached hydrogens (tertiary/aromatic N) is 2. The van der Waals surface area contributed by atoms with Crippen molar-refractivity contribution >= 4 is 6.21 Å². The SMILES string of the molecule is CCC12c3ccccc3C(CC)(c3cc(/C=N/O)ccc31)N2C. The fourth-order valence-electron chi connectivity index (χ4n) is 5.19. The first-order valence-corrected chi connectivity index (χ1v) is 8.33. The molecule has 2 atom stereocenters. The Morgan fingerprint density at radius 3 is 2.09 bits per heavy atom. The lowest BCUT2D eigenvalue weighted by Gasteiger charge is -2.36. The van der Waals surface area contributed by atoms with Crippen molar-refractivity contribution in [2.24, 2.45) is 5.16 Å². The monoisotopic (exact) mass is 306 g/mol. The lowest BCUT2D eigenvalue weighted by atomic mass is 9.70. The van der Waals surface area contributed by atoms with Gasteiger partial charge in [0.25, 0.3) is 0 Å². The molecule has 2 unspecified atom stereocenters. The van der Waals surface area contributed by atoms with Crippen molar-refractivity contribution in [3.05, 3.63) is 70.3 Å². The molecular formula is C20H22N2O. The third kappa shape index (κ3) is 1.42. The van der Waals surface area contributed by atoms with E-state index in [0.717, 1.165) is 18.4 Å². The first kappa shape index (κ1) is 14.5. The molecule has 2 aliphatic rings. The molecule has 23 heavy (non-hydrogen) atoms. The smallest absolute Gasteiger partial charge is 0.0733 e. The number of fused-ring (bicyclic) bond motifs is 8. The molecule has 0 saturated carbocycles. The molecule has 0 radical (unpaired) electrons. The average Bonchev–Trinajstić information content (AvgIpc) is 2.94. The highest BCUT2D eigenvalue weighted by Crippen LogP contribution is 2.64. The Labute approximate surface area is 137 Å². The quantitative estimate of drug-likeness (QED) is 0.527. The van der Waals surface area contributed by atoms with Crippen molar-refractivity contribution in [3.63, 3.8) is 0 Å². The maximum Gasteiger partial charge on any atom is 0.0733 e. The summed E-state index contributed by atoms with van der Waals surface area (Å²) in [5.74, 6) is 0. The highest BCUT2D eigenvalue weighted by Gasteiger charge is 2.63. The van der Waals surface area contributed by atoms with Gasteiger partial charge in [-0.05, 0) is 53.8 Å². The molecule has 2 aliphatic heterocycles. The van der Waals surface area contributed by atoms with Gasteiger partial charge in [0.05, 0.1) is 17.3 Å². The predicted molar refractivity (Wildman–Crippen MR) is 92.2 cm³/mol. The van der Waals surface area contributed by atoms with E-state index in [1.54, 1.807) is 0 Å². The topological polar surface area (TPSA) is 35.8 Å². The summed E-state index contributed by atoms with van der Waals surface area (Å²) in [5.41, 5.74) is 6.46. The summed E-state index contributed by atoms with van der Waals surface area (Å²) in [6.45, 7) is 4.54. The van der Waals surface area contributed by atoms with Crippen LogP contribution in [0.2, 0.25) is 0 Å². The van der Waals surface area contributed by atoms with Crippen molar-refractivity contribution in [1.82, 2.24) is 4.90 Å². The summed E-state index contributed by atoms with van der Waals surface area (Å²) in [6, 6.07) is 15.3. The van der Waals surface area contributed by atoms with Gasteiger partial charge in [-0.15, -0.1) is 0 Å². The summed E-state index contributed by atoms with van der Waals surface area (Å²) in [6.07, 6.45) is 3.58. The molecule has 0 aliphatic carbocycles. The minimum Gasteiger partial charge on any atom is -0.411 e. The Morgan fingerprint density at radius 2 is 1.52 bits per heavy atom. The number of hydrogen-bond acceptors (Lipinski definition) is 3. The van der Waals surface area contributed by atoms with Crippen molar-refractivity contribution < 1.29 is 5.21 Å². The molecule has 0 fully saturated rings. The van der Waals surface area contributed by atoms with E-state index in [1.807, 2.05) is 0 Å². The molecule has 2 heterocycles. The van der Waals surface area contributed by atoms with Gasteiger partial charge >= 0.3 is 0 Å². The molecule has 1 N–H and O–H groups in total. The van der Waals surface area contributed by atoms with E-state index < -0.39 is 0 Å². The van der Waals surface area contributed by atoms with Crippen LogP contribution in [0.1, 0.15) is 54.5 Å². The van der Waals surface area contributed by atoms with Crippen molar-refractivity contribution in [1.29, 1.82) is 0 Å². The Kier molecular flexibility index (Phi) is 2.94. The van der Waals surface area contributed by atoms with Crippen molar-refractivity contribution in [2.75, 3.05) is 7.05 Å². The molecule has 2 bridgehead atoms. The third-order valence-electron chi connectivity index (χ3n) is 6.13. The van der Waals surface area contributed by atoms with Gasteiger partial charge in [0.1, 0.15) is 0 Å². The molecule has 4 rings (SSSR count). The molecule has 0 amide bonds. The standard InChI is InChI=1S/C20H22N2O/c1-4-19-15-8-6-7-9-16(15)20(5-2,22(19)3)18-12-14(13-21-23)10-11-17(18)19/h6-13,23H,4-5H2,1-3H3/b21-13+. The van der Waals surface area contributed by atoms with E-state index in [0.29, 0.717) is 0 Å². The van der Waals surface area contributed by atoms with E-state index >= 15 is 0 Å². The van der Waals surface area contributed by atoms with Crippen LogP contribution >= 0.6 is 0 Å². The maximum atomic E-state index is 8.89.